The molecule has 0 aliphatic heterocycles. The molecule has 0 amide bonds. The Morgan fingerprint density at radius 1 is 1.10 bits per heavy atom. The molecular formula is C14H13Cl2NO3S. The van der Waals surface area contributed by atoms with Crippen LogP contribution in [-0.2, 0) is 16.6 Å². The summed E-state index contributed by atoms with van der Waals surface area (Å²) in [5.41, 5.74) is 1.65. The van der Waals surface area contributed by atoms with E-state index in [0.29, 0.717) is 16.3 Å². The lowest BCUT2D eigenvalue weighted by atomic mass is 10.2. The molecule has 2 rings (SSSR count). The van der Waals surface area contributed by atoms with Crippen LogP contribution in [0.3, 0.4) is 0 Å². The van der Waals surface area contributed by atoms with E-state index in [1.807, 2.05) is 6.92 Å². The molecule has 0 fully saturated rings. The number of hydrogen-bond donors (Lipinski definition) is 2. The van der Waals surface area contributed by atoms with Crippen molar-refractivity contribution in [3.05, 3.63) is 57.6 Å². The molecule has 0 saturated heterocycles. The zero-order valence-electron chi connectivity index (χ0n) is 11.1. The van der Waals surface area contributed by atoms with Crippen LogP contribution in [0.5, 0.6) is 0 Å². The van der Waals surface area contributed by atoms with Crippen LogP contribution in [0, 0.1) is 6.92 Å². The second-order valence-corrected chi connectivity index (χ2v) is 6.96. The summed E-state index contributed by atoms with van der Waals surface area (Å²) in [6, 6.07) is 9.18. The number of sulfonamides is 1. The molecule has 2 N–H and O–H groups in total. The number of anilines is 1. The van der Waals surface area contributed by atoms with Crippen LogP contribution in [0.2, 0.25) is 10.0 Å². The van der Waals surface area contributed by atoms with Crippen molar-refractivity contribution in [1.29, 1.82) is 0 Å². The highest BCUT2D eigenvalue weighted by Crippen LogP contribution is 2.27. The molecule has 0 aromatic heterocycles. The molecule has 0 radical (unpaired) electrons. The van der Waals surface area contributed by atoms with Gasteiger partial charge < -0.3 is 5.11 Å². The molecule has 0 bridgehead atoms. The minimum absolute atomic E-state index is 0.0814. The van der Waals surface area contributed by atoms with Crippen LogP contribution in [0.25, 0.3) is 0 Å². The smallest absolute Gasteiger partial charge is 0.263 e. The Hall–Kier alpha value is -1.27. The van der Waals surface area contributed by atoms with Gasteiger partial charge in [-0.25, -0.2) is 8.42 Å². The number of aliphatic hydroxyl groups is 1. The predicted molar refractivity (Wildman–Crippen MR) is 84.4 cm³/mol. The summed E-state index contributed by atoms with van der Waals surface area (Å²) in [5.74, 6) is 0. The van der Waals surface area contributed by atoms with Crippen LogP contribution < -0.4 is 4.72 Å². The van der Waals surface area contributed by atoms with E-state index in [1.54, 1.807) is 18.2 Å². The van der Waals surface area contributed by atoms with Gasteiger partial charge in [0.15, 0.2) is 0 Å². The van der Waals surface area contributed by atoms with E-state index in [9.17, 15) is 8.42 Å². The SMILES string of the molecule is Cc1ccc(NS(=O)(=O)c2cc(CO)ccc2Cl)cc1Cl. The fourth-order valence-corrected chi connectivity index (χ4v) is 3.50. The lowest BCUT2D eigenvalue weighted by Gasteiger charge is -2.11. The molecule has 7 heteroatoms. The number of nitrogens with one attached hydrogen (secondary N) is 1. The Morgan fingerprint density at radius 3 is 2.43 bits per heavy atom. The van der Waals surface area contributed by atoms with Crippen molar-refractivity contribution in [3.8, 4) is 0 Å². The third-order valence-corrected chi connectivity index (χ3v) is 5.16. The normalized spacial score (nSPS) is 11.4. The summed E-state index contributed by atoms with van der Waals surface area (Å²) in [6.45, 7) is 1.55. The van der Waals surface area contributed by atoms with Gasteiger partial charge in [-0.15, -0.1) is 0 Å². The third kappa shape index (κ3) is 3.68. The molecule has 0 heterocycles. The van der Waals surface area contributed by atoms with Crippen molar-refractivity contribution in [3.63, 3.8) is 0 Å². The number of hydrogen-bond acceptors (Lipinski definition) is 3. The molecule has 0 aliphatic rings. The molecule has 0 aliphatic carbocycles. The standard InChI is InChI=1S/C14H13Cl2NO3S/c1-9-2-4-11(7-13(9)16)17-21(19,20)14-6-10(8-18)3-5-12(14)15/h2-7,17-18H,8H2,1H3. The van der Waals surface area contributed by atoms with Gasteiger partial charge >= 0.3 is 0 Å². The number of rotatable bonds is 4. The summed E-state index contributed by atoms with van der Waals surface area (Å²) in [4.78, 5) is -0.0904. The maximum absolute atomic E-state index is 12.4. The highest BCUT2D eigenvalue weighted by Gasteiger charge is 2.19. The van der Waals surface area contributed by atoms with Gasteiger partial charge in [-0.3, -0.25) is 4.72 Å². The second-order valence-electron chi connectivity index (χ2n) is 4.49. The Labute approximate surface area is 133 Å². The average Bonchev–Trinajstić information content (AvgIpc) is 2.43. The van der Waals surface area contributed by atoms with E-state index in [2.05, 4.69) is 4.72 Å². The summed E-state index contributed by atoms with van der Waals surface area (Å²) in [6.07, 6.45) is 0. The van der Waals surface area contributed by atoms with Gasteiger partial charge in [0, 0.05) is 5.02 Å². The highest BCUT2D eigenvalue weighted by molar-refractivity contribution is 7.92. The first-order valence-corrected chi connectivity index (χ1v) is 8.25. The van der Waals surface area contributed by atoms with Crippen molar-refractivity contribution >= 4 is 38.9 Å². The fraction of sp³-hybridized carbons (Fsp3) is 0.143. The fourth-order valence-electron chi connectivity index (χ4n) is 1.72. The predicted octanol–water partition coefficient (Wildman–Crippen LogP) is 3.59. The lowest BCUT2D eigenvalue weighted by molar-refractivity contribution is 0.281. The van der Waals surface area contributed by atoms with Gasteiger partial charge in [-0.1, -0.05) is 35.3 Å². The first-order chi connectivity index (χ1) is 9.83. The van der Waals surface area contributed by atoms with Crippen LogP contribution in [0.1, 0.15) is 11.1 Å². The Morgan fingerprint density at radius 2 is 1.81 bits per heavy atom. The number of aryl methyl sites for hydroxylation is 1. The van der Waals surface area contributed by atoms with Gasteiger partial charge in [0.05, 0.1) is 17.3 Å². The van der Waals surface area contributed by atoms with E-state index in [1.165, 1.54) is 18.2 Å². The van der Waals surface area contributed by atoms with Gasteiger partial charge in [0.25, 0.3) is 10.0 Å². The monoisotopic (exact) mass is 345 g/mol. The first kappa shape index (κ1) is 16.1. The summed E-state index contributed by atoms with van der Waals surface area (Å²) in [5, 5.41) is 9.64. The maximum Gasteiger partial charge on any atom is 0.263 e. The van der Waals surface area contributed by atoms with Gasteiger partial charge in [-0.2, -0.15) is 0 Å². The molecule has 2 aromatic rings. The topological polar surface area (TPSA) is 66.4 Å². The van der Waals surface area contributed by atoms with Crippen molar-refractivity contribution < 1.29 is 13.5 Å². The molecule has 112 valence electrons. The summed E-state index contributed by atoms with van der Waals surface area (Å²) >= 11 is 11.9. The number of halogens is 2. The summed E-state index contributed by atoms with van der Waals surface area (Å²) in [7, 11) is -3.86. The maximum atomic E-state index is 12.4. The largest absolute Gasteiger partial charge is 0.392 e. The van der Waals surface area contributed by atoms with Crippen LogP contribution in [-0.4, -0.2) is 13.5 Å². The zero-order chi connectivity index (χ0) is 15.6. The van der Waals surface area contributed by atoms with Crippen molar-refractivity contribution in [1.82, 2.24) is 0 Å². The minimum Gasteiger partial charge on any atom is -0.392 e. The van der Waals surface area contributed by atoms with Gasteiger partial charge in [0.1, 0.15) is 4.90 Å². The van der Waals surface area contributed by atoms with E-state index in [4.69, 9.17) is 28.3 Å². The Bertz CT molecular complexity index is 776. The molecule has 21 heavy (non-hydrogen) atoms. The molecule has 0 unspecified atom stereocenters. The first-order valence-electron chi connectivity index (χ1n) is 6.02. The second kappa shape index (κ2) is 6.23. The van der Waals surface area contributed by atoms with Crippen molar-refractivity contribution in [2.45, 2.75) is 18.4 Å². The highest BCUT2D eigenvalue weighted by atomic mass is 35.5. The van der Waals surface area contributed by atoms with Crippen LogP contribution in [0.4, 0.5) is 5.69 Å². The quantitative estimate of drug-likeness (QED) is 0.889. The molecule has 0 spiro atoms. The zero-order valence-corrected chi connectivity index (χ0v) is 13.4. The van der Waals surface area contributed by atoms with E-state index < -0.39 is 10.0 Å². The molecule has 0 atom stereocenters. The molecule has 2 aromatic carbocycles. The minimum atomic E-state index is -3.86. The van der Waals surface area contributed by atoms with E-state index in [0.717, 1.165) is 5.56 Å². The summed E-state index contributed by atoms with van der Waals surface area (Å²) < 4.78 is 27.1. The van der Waals surface area contributed by atoms with Gasteiger partial charge in [0.2, 0.25) is 0 Å². The molecular weight excluding hydrogens is 333 g/mol. The Kier molecular flexibility index (Phi) is 4.78. The van der Waals surface area contributed by atoms with Gasteiger partial charge in [-0.05, 0) is 42.3 Å². The lowest BCUT2D eigenvalue weighted by Crippen LogP contribution is -2.14. The molecule has 4 nitrogen and oxygen atoms in total. The molecule has 0 saturated carbocycles. The number of aliphatic hydroxyl groups excluding tert-OH is 1. The van der Waals surface area contributed by atoms with Crippen LogP contribution >= 0.6 is 23.2 Å². The van der Waals surface area contributed by atoms with Crippen LogP contribution in [0.15, 0.2) is 41.3 Å². The number of benzene rings is 2. The Balaban J connectivity index is 2.40. The third-order valence-electron chi connectivity index (χ3n) is 2.89. The van der Waals surface area contributed by atoms with E-state index in [-0.39, 0.29) is 16.5 Å². The van der Waals surface area contributed by atoms with Crippen molar-refractivity contribution in [2.24, 2.45) is 0 Å². The van der Waals surface area contributed by atoms with E-state index >= 15 is 0 Å². The average molecular weight is 346 g/mol. The van der Waals surface area contributed by atoms with Crippen molar-refractivity contribution in [2.75, 3.05) is 4.72 Å².